The molecule has 1 aliphatic carbocycles. The molecule has 12 heavy (non-hydrogen) atoms. The maximum absolute atomic E-state index is 6.31. The molecule has 1 saturated carbocycles. The summed E-state index contributed by atoms with van der Waals surface area (Å²) in [6, 6.07) is 0. The fourth-order valence-corrected chi connectivity index (χ4v) is 2.77. The van der Waals surface area contributed by atoms with Crippen molar-refractivity contribution in [1.82, 2.24) is 0 Å². The second kappa shape index (κ2) is 5.11. The topological polar surface area (TPSA) is 0 Å². The Morgan fingerprint density at radius 1 is 1.33 bits per heavy atom. The third kappa shape index (κ3) is 2.65. The lowest BCUT2D eigenvalue weighted by Crippen LogP contribution is -2.11. The molecule has 1 heteroatoms. The van der Waals surface area contributed by atoms with Crippen LogP contribution in [0.2, 0.25) is 0 Å². The molecule has 0 saturated heterocycles. The maximum Gasteiger partial charge on any atom is 0.0364 e. The van der Waals surface area contributed by atoms with Gasteiger partial charge in [0.25, 0.3) is 0 Å². The third-order valence-electron chi connectivity index (χ3n) is 3.24. The number of hydrogen-bond donors (Lipinski definition) is 0. The highest BCUT2D eigenvalue weighted by atomic mass is 35.5. The first-order valence-electron chi connectivity index (χ1n) is 5.42. The molecular weight excluding hydrogens is 168 g/mol. The Kier molecular flexibility index (Phi) is 4.42. The summed E-state index contributed by atoms with van der Waals surface area (Å²) in [7, 11) is 0. The minimum Gasteiger partial charge on any atom is -0.123 e. The smallest absolute Gasteiger partial charge is 0.0364 e. The van der Waals surface area contributed by atoms with Crippen LogP contribution in [-0.2, 0) is 0 Å². The molecule has 0 aliphatic heterocycles. The molecule has 0 aromatic carbocycles. The Labute approximate surface area is 81.7 Å². The highest BCUT2D eigenvalue weighted by Gasteiger charge is 2.27. The zero-order valence-electron chi connectivity index (χ0n) is 8.35. The highest BCUT2D eigenvalue weighted by molar-refractivity contribution is 6.20. The van der Waals surface area contributed by atoms with Gasteiger partial charge >= 0.3 is 0 Å². The average Bonchev–Trinajstić information content (AvgIpc) is 2.52. The van der Waals surface area contributed by atoms with Crippen LogP contribution < -0.4 is 0 Å². The van der Waals surface area contributed by atoms with E-state index in [9.17, 15) is 0 Å². The summed E-state index contributed by atoms with van der Waals surface area (Å²) in [6.07, 6.45) is 8.00. The second-order valence-electron chi connectivity index (χ2n) is 4.15. The van der Waals surface area contributed by atoms with E-state index in [-0.39, 0.29) is 0 Å². The predicted molar refractivity (Wildman–Crippen MR) is 55.7 cm³/mol. The molecule has 0 bridgehead atoms. The summed E-state index contributed by atoms with van der Waals surface area (Å²) in [4.78, 5) is 0. The zero-order chi connectivity index (χ0) is 8.97. The molecule has 0 N–H and O–H groups in total. The van der Waals surface area contributed by atoms with Crippen LogP contribution in [0, 0.1) is 11.8 Å². The van der Waals surface area contributed by atoms with E-state index in [0.29, 0.717) is 5.38 Å². The number of alkyl halides is 1. The molecule has 0 aromatic rings. The molecule has 0 aromatic heterocycles. The molecule has 0 spiro atoms. The second-order valence-corrected chi connectivity index (χ2v) is 4.71. The molecular formula is C11H21Cl. The molecule has 3 atom stereocenters. The summed E-state index contributed by atoms with van der Waals surface area (Å²) in [5.74, 6) is 1.81. The van der Waals surface area contributed by atoms with Gasteiger partial charge in [0.05, 0.1) is 0 Å². The van der Waals surface area contributed by atoms with Gasteiger partial charge in [-0.3, -0.25) is 0 Å². The Morgan fingerprint density at radius 2 is 2.08 bits per heavy atom. The van der Waals surface area contributed by atoms with E-state index in [0.717, 1.165) is 11.8 Å². The van der Waals surface area contributed by atoms with Crippen molar-refractivity contribution in [3.63, 3.8) is 0 Å². The van der Waals surface area contributed by atoms with Gasteiger partial charge in [-0.2, -0.15) is 0 Å². The normalized spacial score (nSPS) is 32.2. The van der Waals surface area contributed by atoms with Crippen molar-refractivity contribution in [2.24, 2.45) is 11.8 Å². The Balaban J connectivity index is 2.25. The van der Waals surface area contributed by atoms with Crippen LogP contribution in [0.1, 0.15) is 52.4 Å². The van der Waals surface area contributed by atoms with Crippen LogP contribution in [0.25, 0.3) is 0 Å². The molecule has 0 nitrogen and oxygen atoms in total. The molecule has 72 valence electrons. The van der Waals surface area contributed by atoms with E-state index in [1.165, 1.54) is 38.5 Å². The van der Waals surface area contributed by atoms with Gasteiger partial charge in [0.1, 0.15) is 0 Å². The Bertz CT molecular complexity index is 122. The molecule has 0 heterocycles. The SMILES string of the molecule is CCCC(Cl)C1CCC(CC)C1. The number of rotatable bonds is 4. The summed E-state index contributed by atoms with van der Waals surface area (Å²) in [5, 5.41) is 0.464. The van der Waals surface area contributed by atoms with E-state index in [1.54, 1.807) is 0 Å². The van der Waals surface area contributed by atoms with Crippen molar-refractivity contribution in [3.05, 3.63) is 0 Å². The minimum absolute atomic E-state index is 0.464. The van der Waals surface area contributed by atoms with Crippen molar-refractivity contribution in [2.45, 2.75) is 57.7 Å². The van der Waals surface area contributed by atoms with E-state index >= 15 is 0 Å². The fraction of sp³-hybridized carbons (Fsp3) is 1.00. The van der Waals surface area contributed by atoms with Crippen LogP contribution in [0.5, 0.6) is 0 Å². The minimum atomic E-state index is 0.464. The van der Waals surface area contributed by atoms with Crippen LogP contribution in [-0.4, -0.2) is 5.38 Å². The number of hydrogen-bond acceptors (Lipinski definition) is 0. The molecule has 1 aliphatic rings. The molecule has 0 radical (unpaired) electrons. The van der Waals surface area contributed by atoms with Crippen LogP contribution in [0.4, 0.5) is 0 Å². The first-order chi connectivity index (χ1) is 5.77. The van der Waals surface area contributed by atoms with Crippen molar-refractivity contribution >= 4 is 11.6 Å². The van der Waals surface area contributed by atoms with E-state index < -0.39 is 0 Å². The van der Waals surface area contributed by atoms with Gasteiger partial charge in [0, 0.05) is 5.38 Å². The van der Waals surface area contributed by atoms with Gasteiger partial charge in [-0.1, -0.05) is 33.1 Å². The molecule has 3 unspecified atom stereocenters. The molecule has 1 rings (SSSR count). The lowest BCUT2D eigenvalue weighted by Gasteiger charge is -2.16. The van der Waals surface area contributed by atoms with Crippen molar-refractivity contribution in [1.29, 1.82) is 0 Å². The van der Waals surface area contributed by atoms with Gasteiger partial charge in [-0.25, -0.2) is 0 Å². The largest absolute Gasteiger partial charge is 0.123 e. The van der Waals surface area contributed by atoms with Crippen molar-refractivity contribution < 1.29 is 0 Å². The third-order valence-corrected chi connectivity index (χ3v) is 3.81. The molecule has 1 fully saturated rings. The highest BCUT2D eigenvalue weighted by Crippen LogP contribution is 2.37. The van der Waals surface area contributed by atoms with Gasteiger partial charge < -0.3 is 0 Å². The van der Waals surface area contributed by atoms with Crippen LogP contribution in [0.3, 0.4) is 0 Å². The van der Waals surface area contributed by atoms with Crippen LogP contribution >= 0.6 is 11.6 Å². The van der Waals surface area contributed by atoms with Gasteiger partial charge in [0.2, 0.25) is 0 Å². The lowest BCUT2D eigenvalue weighted by molar-refractivity contribution is 0.450. The summed E-state index contributed by atoms with van der Waals surface area (Å²) < 4.78 is 0. The molecule has 0 amide bonds. The standard InChI is InChI=1S/C11H21Cl/c1-3-5-11(12)10-7-6-9(4-2)8-10/h9-11H,3-8H2,1-2H3. The number of halogens is 1. The quantitative estimate of drug-likeness (QED) is 0.580. The first-order valence-corrected chi connectivity index (χ1v) is 5.85. The Morgan fingerprint density at radius 3 is 2.58 bits per heavy atom. The van der Waals surface area contributed by atoms with Gasteiger partial charge in [-0.15, -0.1) is 11.6 Å². The fourth-order valence-electron chi connectivity index (χ4n) is 2.32. The summed E-state index contributed by atoms with van der Waals surface area (Å²) in [6.45, 7) is 4.53. The van der Waals surface area contributed by atoms with E-state index in [2.05, 4.69) is 13.8 Å². The van der Waals surface area contributed by atoms with Crippen molar-refractivity contribution in [2.75, 3.05) is 0 Å². The van der Waals surface area contributed by atoms with Gasteiger partial charge in [0.15, 0.2) is 0 Å². The van der Waals surface area contributed by atoms with Crippen molar-refractivity contribution in [3.8, 4) is 0 Å². The summed E-state index contributed by atoms with van der Waals surface area (Å²) in [5.41, 5.74) is 0. The van der Waals surface area contributed by atoms with E-state index in [4.69, 9.17) is 11.6 Å². The maximum atomic E-state index is 6.31. The first kappa shape index (κ1) is 10.4. The Hall–Kier alpha value is 0.290. The summed E-state index contributed by atoms with van der Waals surface area (Å²) >= 11 is 6.31. The monoisotopic (exact) mass is 188 g/mol. The predicted octanol–water partition coefficient (Wildman–Crippen LogP) is 4.22. The van der Waals surface area contributed by atoms with Gasteiger partial charge in [-0.05, 0) is 31.1 Å². The average molecular weight is 189 g/mol. The van der Waals surface area contributed by atoms with E-state index in [1.807, 2.05) is 0 Å². The lowest BCUT2D eigenvalue weighted by atomic mass is 9.97. The van der Waals surface area contributed by atoms with Crippen LogP contribution in [0.15, 0.2) is 0 Å². The zero-order valence-corrected chi connectivity index (χ0v) is 9.11.